The van der Waals surface area contributed by atoms with E-state index in [1.165, 1.54) is 12.1 Å². The number of halogens is 1. The van der Waals surface area contributed by atoms with E-state index in [2.05, 4.69) is 4.98 Å². The van der Waals surface area contributed by atoms with E-state index in [1.54, 1.807) is 33.7 Å². The van der Waals surface area contributed by atoms with Crippen molar-refractivity contribution in [2.45, 2.75) is 12.5 Å². The van der Waals surface area contributed by atoms with Gasteiger partial charge in [-0.3, -0.25) is 14.1 Å². The van der Waals surface area contributed by atoms with Crippen molar-refractivity contribution in [1.82, 2.24) is 14.1 Å². The maximum absolute atomic E-state index is 13.3. The Hall–Kier alpha value is -2.73. The Labute approximate surface area is 138 Å². The van der Waals surface area contributed by atoms with E-state index in [0.717, 1.165) is 17.7 Å². The topological polar surface area (TPSA) is 49.1 Å². The quantitative estimate of drug-likeness (QED) is 0.744. The Morgan fingerprint density at radius 1 is 1.12 bits per heavy atom. The van der Waals surface area contributed by atoms with Gasteiger partial charge in [0.2, 0.25) is 0 Å². The van der Waals surface area contributed by atoms with Gasteiger partial charge in [0, 0.05) is 30.8 Å². The molecule has 5 nitrogen and oxygen atoms in total. The predicted octanol–water partition coefficient (Wildman–Crippen LogP) is 2.80. The van der Waals surface area contributed by atoms with Gasteiger partial charge in [-0.05, 0) is 42.8 Å². The second kappa shape index (κ2) is 6.05. The number of benzene rings is 1. The Morgan fingerprint density at radius 2 is 1.88 bits per heavy atom. The number of aromatic nitrogens is 3. The van der Waals surface area contributed by atoms with Crippen molar-refractivity contribution in [3.63, 3.8) is 0 Å². The first-order valence-electron chi connectivity index (χ1n) is 7.82. The smallest absolute Gasteiger partial charge is 0.333 e. The molecule has 1 aliphatic heterocycles. The zero-order valence-electron chi connectivity index (χ0n) is 12.9. The average Bonchev–Trinajstić information content (AvgIpc) is 3.24. The Kier molecular flexibility index (Phi) is 3.74. The summed E-state index contributed by atoms with van der Waals surface area (Å²) in [6.45, 7) is 1.19. The number of hydrogen-bond acceptors (Lipinski definition) is 3. The number of hydrogen-bond donors (Lipinski definition) is 0. The summed E-state index contributed by atoms with van der Waals surface area (Å²) < 4.78 is 22.0. The SMILES string of the molecule is O=c1n(C2CCOC2)cc(-c2ccncc2)n1-c1ccc(F)cc1. The zero-order valence-corrected chi connectivity index (χ0v) is 12.9. The number of pyridine rings is 1. The molecule has 0 radical (unpaired) electrons. The van der Waals surface area contributed by atoms with Crippen LogP contribution in [0.3, 0.4) is 0 Å². The first-order chi connectivity index (χ1) is 11.7. The van der Waals surface area contributed by atoms with Gasteiger partial charge in [0.15, 0.2) is 0 Å². The highest BCUT2D eigenvalue weighted by atomic mass is 19.1. The molecule has 122 valence electrons. The summed E-state index contributed by atoms with van der Waals surface area (Å²) in [4.78, 5) is 17.0. The minimum absolute atomic E-state index is 0.0276. The van der Waals surface area contributed by atoms with Crippen molar-refractivity contribution in [1.29, 1.82) is 0 Å². The van der Waals surface area contributed by atoms with Crippen LogP contribution in [0.1, 0.15) is 12.5 Å². The molecule has 3 heterocycles. The van der Waals surface area contributed by atoms with Gasteiger partial charge in [0.05, 0.1) is 24.0 Å². The standard InChI is InChI=1S/C18H16FN3O2/c19-14-1-3-15(4-2-14)22-17(13-5-8-20-9-6-13)11-21(18(22)23)16-7-10-24-12-16/h1-6,8-9,11,16H,7,10,12H2. The molecule has 4 rings (SSSR count). The minimum Gasteiger partial charge on any atom is -0.379 e. The fraction of sp³-hybridized carbons (Fsp3) is 0.222. The molecule has 0 saturated carbocycles. The van der Waals surface area contributed by atoms with E-state index >= 15 is 0 Å². The van der Waals surface area contributed by atoms with Gasteiger partial charge in [-0.1, -0.05) is 0 Å². The lowest BCUT2D eigenvalue weighted by molar-refractivity contribution is 0.186. The summed E-state index contributed by atoms with van der Waals surface area (Å²) in [6.07, 6.45) is 6.03. The van der Waals surface area contributed by atoms with E-state index in [1.807, 2.05) is 18.3 Å². The van der Waals surface area contributed by atoms with Crippen LogP contribution in [0.5, 0.6) is 0 Å². The van der Waals surface area contributed by atoms with Crippen LogP contribution in [0, 0.1) is 5.82 Å². The minimum atomic E-state index is -0.333. The van der Waals surface area contributed by atoms with Crippen molar-refractivity contribution >= 4 is 0 Å². The highest BCUT2D eigenvalue weighted by molar-refractivity contribution is 5.61. The molecule has 0 N–H and O–H groups in total. The lowest BCUT2D eigenvalue weighted by Crippen LogP contribution is -2.27. The van der Waals surface area contributed by atoms with Crippen LogP contribution in [0.15, 0.2) is 59.8 Å². The summed E-state index contributed by atoms with van der Waals surface area (Å²) in [7, 11) is 0. The van der Waals surface area contributed by atoms with E-state index in [4.69, 9.17) is 4.74 Å². The van der Waals surface area contributed by atoms with Crippen LogP contribution in [0.4, 0.5) is 4.39 Å². The molecule has 0 spiro atoms. The summed E-state index contributed by atoms with van der Waals surface area (Å²) in [5, 5.41) is 0. The van der Waals surface area contributed by atoms with Gasteiger partial charge < -0.3 is 4.74 Å². The molecule has 6 heteroatoms. The Morgan fingerprint density at radius 3 is 2.54 bits per heavy atom. The average molecular weight is 325 g/mol. The molecule has 0 aliphatic carbocycles. The lowest BCUT2D eigenvalue weighted by atomic mass is 10.2. The van der Waals surface area contributed by atoms with Gasteiger partial charge >= 0.3 is 5.69 Å². The molecule has 1 fully saturated rings. The number of rotatable bonds is 3. The monoisotopic (exact) mass is 325 g/mol. The summed E-state index contributed by atoms with van der Waals surface area (Å²) in [5.41, 5.74) is 2.11. The van der Waals surface area contributed by atoms with E-state index in [0.29, 0.717) is 18.9 Å². The number of nitrogens with zero attached hydrogens (tertiary/aromatic N) is 3. The van der Waals surface area contributed by atoms with Crippen LogP contribution in [0.2, 0.25) is 0 Å². The van der Waals surface area contributed by atoms with Crippen molar-refractivity contribution in [3.05, 3.63) is 71.3 Å². The maximum atomic E-state index is 13.3. The third-order valence-corrected chi connectivity index (χ3v) is 4.27. The van der Waals surface area contributed by atoms with E-state index < -0.39 is 0 Å². The van der Waals surface area contributed by atoms with E-state index in [-0.39, 0.29) is 17.5 Å². The van der Waals surface area contributed by atoms with Crippen LogP contribution in [-0.4, -0.2) is 27.3 Å². The zero-order chi connectivity index (χ0) is 16.5. The molecular formula is C18H16FN3O2. The molecular weight excluding hydrogens is 309 g/mol. The van der Waals surface area contributed by atoms with Gasteiger partial charge in [-0.15, -0.1) is 0 Å². The largest absolute Gasteiger partial charge is 0.379 e. The highest BCUT2D eigenvalue weighted by Crippen LogP contribution is 2.25. The fourth-order valence-corrected chi connectivity index (χ4v) is 3.03. The third kappa shape index (κ3) is 2.55. The molecule has 0 amide bonds. The Balaban J connectivity index is 1.92. The summed E-state index contributed by atoms with van der Waals surface area (Å²) in [6, 6.07) is 9.66. The second-order valence-electron chi connectivity index (χ2n) is 5.77. The number of imidazole rings is 1. The molecule has 0 bridgehead atoms. The van der Waals surface area contributed by atoms with Gasteiger partial charge in [0.1, 0.15) is 5.82 Å². The third-order valence-electron chi connectivity index (χ3n) is 4.27. The van der Waals surface area contributed by atoms with Crippen molar-refractivity contribution < 1.29 is 9.13 Å². The van der Waals surface area contributed by atoms with Crippen molar-refractivity contribution in [2.75, 3.05) is 13.2 Å². The molecule has 1 aromatic carbocycles. The second-order valence-corrected chi connectivity index (χ2v) is 5.77. The van der Waals surface area contributed by atoms with Crippen LogP contribution < -0.4 is 5.69 Å². The normalized spacial score (nSPS) is 17.3. The number of ether oxygens (including phenoxy) is 1. The predicted molar refractivity (Wildman–Crippen MR) is 87.7 cm³/mol. The molecule has 1 saturated heterocycles. The van der Waals surface area contributed by atoms with Crippen LogP contribution in [-0.2, 0) is 4.74 Å². The van der Waals surface area contributed by atoms with E-state index in [9.17, 15) is 9.18 Å². The van der Waals surface area contributed by atoms with Crippen molar-refractivity contribution in [3.8, 4) is 16.9 Å². The molecule has 24 heavy (non-hydrogen) atoms. The summed E-state index contributed by atoms with van der Waals surface area (Å²) >= 11 is 0. The maximum Gasteiger partial charge on any atom is 0.333 e. The van der Waals surface area contributed by atoms with Crippen molar-refractivity contribution in [2.24, 2.45) is 0 Å². The first kappa shape index (κ1) is 14.8. The lowest BCUT2D eigenvalue weighted by Gasteiger charge is -2.08. The summed E-state index contributed by atoms with van der Waals surface area (Å²) in [5.74, 6) is -0.333. The molecule has 2 aromatic heterocycles. The van der Waals surface area contributed by atoms with Gasteiger partial charge in [-0.25, -0.2) is 9.18 Å². The highest BCUT2D eigenvalue weighted by Gasteiger charge is 2.23. The first-order valence-corrected chi connectivity index (χ1v) is 7.82. The molecule has 1 aliphatic rings. The van der Waals surface area contributed by atoms with Crippen LogP contribution >= 0.6 is 0 Å². The molecule has 1 atom stereocenters. The fourth-order valence-electron chi connectivity index (χ4n) is 3.03. The Bertz CT molecular complexity index is 894. The molecule has 3 aromatic rings. The van der Waals surface area contributed by atoms with Gasteiger partial charge in [0.25, 0.3) is 0 Å². The van der Waals surface area contributed by atoms with Crippen LogP contribution in [0.25, 0.3) is 16.9 Å². The molecule has 1 unspecified atom stereocenters. The van der Waals surface area contributed by atoms with Gasteiger partial charge in [-0.2, -0.15) is 0 Å².